The van der Waals surface area contributed by atoms with Gasteiger partial charge in [0.05, 0.1) is 12.2 Å². The highest BCUT2D eigenvalue weighted by atomic mass is 79.9. The van der Waals surface area contributed by atoms with Gasteiger partial charge in [-0.3, -0.25) is 19.6 Å². The summed E-state index contributed by atoms with van der Waals surface area (Å²) < 4.78 is 20.0. The zero-order valence-corrected chi connectivity index (χ0v) is 26.9. The third-order valence-corrected chi connectivity index (χ3v) is 9.49. The number of aliphatic imine (C=N–C) groups is 1. The van der Waals surface area contributed by atoms with Crippen LogP contribution in [0, 0.1) is 5.82 Å². The predicted molar refractivity (Wildman–Crippen MR) is 175 cm³/mol. The SMILES string of the molecule is CCOC(=O)C1=C(CN2CCN(C(C(=O)O)c3cccc4ccccc34)CC2)NC(c2nccs2)=NC1c1ccc(F)cc1Br. The smallest absolute Gasteiger partial charge is 0.338 e. The number of amidine groups is 1. The number of hydrogen-bond donors (Lipinski definition) is 2. The fourth-order valence-electron chi connectivity index (χ4n) is 5.95. The lowest BCUT2D eigenvalue weighted by molar-refractivity contribution is -0.144. The van der Waals surface area contributed by atoms with E-state index >= 15 is 0 Å². The summed E-state index contributed by atoms with van der Waals surface area (Å²) in [5, 5.41) is 18.1. The van der Waals surface area contributed by atoms with Crippen molar-refractivity contribution in [1.29, 1.82) is 0 Å². The molecular formula is C33H31BrFN5O4S. The molecule has 6 rings (SSSR count). The lowest BCUT2D eigenvalue weighted by Crippen LogP contribution is -2.51. The number of fused-ring (bicyclic) bond motifs is 1. The Labute approximate surface area is 272 Å². The molecule has 0 aliphatic carbocycles. The monoisotopic (exact) mass is 691 g/mol. The zero-order chi connectivity index (χ0) is 31.5. The molecule has 2 aliphatic heterocycles. The van der Waals surface area contributed by atoms with E-state index in [4.69, 9.17) is 9.73 Å². The van der Waals surface area contributed by atoms with Crippen LogP contribution in [0.5, 0.6) is 0 Å². The Hall–Kier alpha value is -3.97. The lowest BCUT2D eigenvalue weighted by atomic mass is 9.95. The third kappa shape index (κ3) is 6.55. The second-order valence-electron chi connectivity index (χ2n) is 10.7. The number of halogens is 2. The molecule has 1 aromatic heterocycles. The standard InChI is InChI=1S/C33H31BrFN5O4S/c1-2-44-33(43)27-26(37-30(31-36-12-17-45-31)38-28(27)24-11-10-21(35)18-25(24)34)19-39-13-15-40(16-14-39)29(32(41)42)23-9-5-7-20-6-3-4-8-22(20)23/h3-12,17-18,28-29H,2,13-16,19H2,1H3,(H,37,38)(H,41,42). The molecule has 0 radical (unpaired) electrons. The number of carbonyl (C=O) groups excluding carboxylic acids is 1. The highest BCUT2D eigenvalue weighted by molar-refractivity contribution is 9.10. The highest BCUT2D eigenvalue weighted by Gasteiger charge is 2.36. The first-order valence-electron chi connectivity index (χ1n) is 14.6. The Kier molecular flexibility index (Phi) is 9.36. The van der Waals surface area contributed by atoms with Gasteiger partial charge in [-0.25, -0.2) is 14.2 Å². The molecule has 12 heteroatoms. The van der Waals surface area contributed by atoms with E-state index in [0.29, 0.717) is 64.9 Å². The Morgan fingerprint density at radius 2 is 1.91 bits per heavy atom. The largest absolute Gasteiger partial charge is 0.480 e. The Bertz CT molecular complexity index is 1780. The number of piperazine rings is 1. The number of aromatic nitrogens is 1. The summed E-state index contributed by atoms with van der Waals surface area (Å²) >= 11 is 4.89. The topological polar surface area (TPSA) is 107 Å². The maximum absolute atomic E-state index is 14.1. The molecule has 0 amide bonds. The molecular weight excluding hydrogens is 661 g/mol. The highest BCUT2D eigenvalue weighted by Crippen LogP contribution is 2.37. The summed E-state index contributed by atoms with van der Waals surface area (Å²) in [4.78, 5) is 39.6. The van der Waals surface area contributed by atoms with Crippen molar-refractivity contribution < 1.29 is 23.8 Å². The number of carboxylic acids is 1. The molecule has 2 N–H and O–H groups in total. The molecule has 1 fully saturated rings. The van der Waals surface area contributed by atoms with E-state index in [1.165, 1.54) is 23.5 Å². The van der Waals surface area contributed by atoms with Crippen LogP contribution >= 0.6 is 27.3 Å². The van der Waals surface area contributed by atoms with Gasteiger partial charge in [-0.05, 0) is 41.0 Å². The van der Waals surface area contributed by atoms with Gasteiger partial charge in [0.1, 0.15) is 17.9 Å². The maximum atomic E-state index is 14.1. The van der Waals surface area contributed by atoms with Gasteiger partial charge in [0.25, 0.3) is 0 Å². The van der Waals surface area contributed by atoms with Crippen LogP contribution in [0.15, 0.2) is 93.0 Å². The first-order chi connectivity index (χ1) is 21.8. The molecule has 232 valence electrons. The van der Waals surface area contributed by atoms with Crippen molar-refractivity contribution in [1.82, 2.24) is 20.1 Å². The second-order valence-corrected chi connectivity index (χ2v) is 12.5. The fourth-order valence-corrected chi connectivity index (χ4v) is 7.10. The van der Waals surface area contributed by atoms with Crippen LogP contribution in [0.3, 0.4) is 0 Å². The van der Waals surface area contributed by atoms with E-state index in [2.05, 4.69) is 31.1 Å². The molecule has 0 bridgehead atoms. The van der Waals surface area contributed by atoms with E-state index < -0.39 is 29.8 Å². The van der Waals surface area contributed by atoms with E-state index in [0.717, 1.165) is 16.3 Å². The Morgan fingerprint density at radius 3 is 2.62 bits per heavy atom. The van der Waals surface area contributed by atoms with Crippen LogP contribution in [0.25, 0.3) is 10.8 Å². The predicted octanol–water partition coefficient (Wildman–Crippen LogP) is 5.55. The van der Waals surface area contributed by atoms with E-state index in [1.54, 1.807) is 19.2 Å². The number of rotatable bonds is 9. The summed E-state index contributed by atoms with van der Waals surface area (Å²) in [6.45, 7) is 4.47. The second kappa shape index (κ2) is 13.6. The van der Waals surface area contributed by atoms with Crippen LogP contribution < -0.4 is 5.32 Å². The van der Waals surface area contributed by atoms with E-state index in [1.807, 2.05) is 52.7 Å². The quantitative estimate of drug-likeness (QED) is 0.220. The molecule has 2 atom stereocenters. The van der Waals surface area contributed by atoms with Crippen molar-refractivity contribution >= 4 is 55.8 Å². The van der Waals surface area contributed by atoms with Crippen molar-refractivity contribution in [2.45, 2.75) is 19.0 Å². The van der Waals surface area contributed by atoms with Crippen LogP contribution in [0.2, 0.25) is 0 Å². The first kappa shape index (κ1) is 31.0. The van der Waals surface area contributed by atoms with Crippen molar-refractivity contribution in [2.24, 2.45) is 4.99 Å². The number of benzene rings is 3. The van der Waals surface area contributed by atoms with E-state index in [-0.39, 0.29) is 6.61 Å². The fraction of sp³-hybridized carbons (Fsp3) is 0.273. The number of hydrogen-bond acceptors (Lipinski definition) is 9. The molecule has 0 spiro atoms. The zero-order valence-electron chi connectivity index (χ0n) is 24.5. The summed E-state index contributed by atoms with van der Waals surface area (Å²) in [5.41, 5.74) is 2.35. The van der Waals surface area contributed by atoms with Crippen molar-refractivity contribution in [3.63, 3.8) is 0 Å². The first-order valence-corrected chi connectivity index (χ1v) is 16.3. The molecule has 3 heterocycles. The van der Waals surface area contributed by atoms with Crippen LogP contribution in [0.1, 0.15) is 35.1 Å². The van der Waals surface area contributed by atoms with Gasteiger partial charge in [-0.1, -0.05) is 64.5 Å². The number of carboxylic acid groups (broad SMARTS) is 1. The third-order valence-electron chi connectivity index (χ3n) is 8.02. The summed E-state index contributed by atoms with van der Waals surface area (Å²) in [6.07, 6.45) is 1.69. The van der Waals surface area contributed by atoms with Gasteiger partial charge < -0.3 is 15.2 Å². The lowest BCUT2D eigenvalue weighted by Gasteiger charge is -2.39. The normalized spacial score (nSPS) is 18.4. The molecule has 1 saturated heterocycles. The minimum atomic E-state index is -0.891. The minimum absolute atomic E-state index is 0.180. The maximum Gasteiger partial charge on any atom is 0.338 e. The van der Waals surface area contributed by atoms with Crippen molar-refractivity contribution in [2.75, 3.05) is 39.3 Å². The Balaban J connectivity index is 1.29. The number of thiazole rings is 1. The summed E-state index contributed by atoms with van der Waals surface area (Å²) in [7, 11) is 0. The molecule has 3 aromatic carbocycles. The average Bonchev–Trinajstić information content (AvgIpc) is 3.57. The van der Waals surface area contributed by atoms with Crippen LogP contribution in [0.4, 0.5) is 4.39 Å². The van der Waals surface area contributed by atoms with Crippen molar-refractivity contribution in [3.8, 4) is 0 Å². The van der Waals surface area contributed by atoms with E-state index in [9.17, 15) is 19.1 Å². The number of carbonyl (C=O) groups is 2. The molecule has 2 unspecified atom stereocenters. The van der Waals surface area contributed by atoms with Gasteiger partial charge in [0, 0.05) is 54.5 Å². The molecule has 2 aliphatic rings. The number of ether oxygens (including phenoxy) is 1. The van der Waals surface area contributed by atoms with Gasteiger partial charge in [-0.2, -0.15) is 0 Å². The van der Waals surface area contributed by atoms with Gasteiger partial charge in [-0.15, -0.1) is 11.3 Å². The average molecular weight is 693 g/mol. The Morgan fingerprint density at radius 1 is 1.13 bits per heavy atom. The van der Waals surface area contributed by atoms with Crippen LogP contribution in [-0.2, 0) is 14.3 Å². The number of nitrogens with zero attached hydrogens (tertiary/aromatic N) is 4. The van der Waals surface area contributed by atoms with Gasteiger partial charge in [0.15, 0.2) is 10.8 Å². The number of nitrogens with one attached hydrogen (secondary N) is 1. The number of aliphatic carboxylic acids is 1. The molecule has 45 heavy (non-hydrogen) atoms. The van der Waals surface area contributed by atoms with Gasteiger partial charge in [0.2, 0.25) is 0 Å². The minimum Gasteiger partial charge on any atom is -0.480 e. The summed E-state index contributed by atoms with van der Waals surface area (Å²) in [5.74, 6) is -1.30. The van der Waals surface area contributed by atoms with Gasteiger partial charge >= 0.3 is 11.9 Å². The number of esters is 1. The van der Waals surface area contributed by atoms with Crippen LogP contribution in [-0.4, -0.2) is 77.0 Å². The molecule has 0 saturated carbocycles. The molecule has 9 nitrogen and oxygen atoms in total. The summed E-state index contributed by atoms with van der Waals surface area (Å²) in [6, 6.07) is 16.4. The van der Waals surface area contributed by atoms with Crippen molar-refractivity contribution in [3.05, 3.63) is 110 Å². The molecule has 4 aromatic rings.